The van der Waals surface area contributed by atoms with Crippen LogP contribution in [0.3, 0.4) is 0 Å². The molecule has 0 amide bonds. The highest BCUT2D eigenvalue weighted by atomic mass is 35.5. The topological polar surface area (TPSA) is 63.2 Å². The van der Waals surface area contributed by atoms with Crippen LogP contribution in [0.2, 0.25) is 5.02 Å². The molecule has 0 unspecified atom stereocenters. The minimum absolute atomic E-state index is 0.138. The molecular weight excluding hydrogens is 276 g/mol. The molecule has 0 saturated carbocycles. The Kier molecular flexibility index (Phi) is 4.11. The average Bonchev–Trinajstić information content (AvgIpc) is 2.39. The first-order valence-electron chi connectivity index (χ1n) is 5.71. The molecule has 1 aliphatic rings. The Labute approximate surface area is 112 Å². The Bertz CT molecular complexity index is 527. The molecule has 2 N–H and O–H groups in total. The largest absolute Gasteiger partial charge is 0.495 e. The van der Waals surface area contributed by atoms with Crippen LogP contribution >= 0.6 is 11.6 Å². The van der Waals surface area contributed by atoms with Crippen molar-refractivity contribution in [2.45, 2.75) is 4.90 Å². The third kappa shape index (κ3) is 2.61. The Morgan fingerprint density at radius 1 is 1.33 bits per heavy atom. The van der Waals surface area contributed by atoms with Crippen molar-refractivity contribution in [3.63, 3.8) is 0 Å². The summed E-state index contributed by atoms with van der Waals surface area (Å²) in [6.07, 6.45) is 0. The zero-order valence-electron chi connectivity index (χ0n) is 10.1. The van der Waals surface area contributed by atoms with Crippen LogP contribution in [0.25, 0.3) is 0 Å². The molecule has 1 aromatic carbocycles. The first kappa shape index (κ1) is 13.6. The summed E-state index contributed by atoms with van der Waals surface area (Å²) < 4.78 is 31.6. The van der Waals surface area contributed by atoms with Gasteiger partial charge in [0.05, 0.1) is 33.3 Å². The van der Waals surface area contributed by atoms with Crippen molar-refractivity contribution in [2.75, 3.05) is 33.3 Å². The molecule has 0 atom stereocenters. The van der Waals surface area contributed by atoms with E-state index < -0.39 is 10.0 Å². The molecule has 1 aromatic rings. The van der Waals surface area contributed by atoms with E-state index in [0.29, 0.717) is 23.9 Å². The number of nitrogens with zero attached hydrogens (tertiary/aromatic N) is 1. The summed E-state index contributed by atoms with van der Waals surface area (Å²) in [6, 6.07) is 4.63. The number of hydrogen-bond acceptors (Lipinski definition) is 3. The van der Waals surface area contributed by atoms with Crippen molar-refractivity contribution >= 4 is 21.6 Å². The second kappa shape index (κ2) is 5.44. The third-order valence-corrected chi connectivity index (χ3v) is 5.06. The van der Waals surface area contributed by atoms with E-state index in [9.17, 15) is 8.42 Å². The fraction of sp³-hybridized carbons (Fsp3) is 0.455. The smallest absolute Gasteiger partial charge is 0.247 e. The van der Waals surface area contributed by atoms with Gasteiger partial charge in [-0.15, -0.1) is 0 Å². The van der Waals surface area contributed by atoms with Gasteiger partial charge in [0, 0.05) is 5.02 Å². The van der Waals surface area contributed by atoms with Crippen molar-refractivity contribution in [3.05, 3.63) is 23.2 Å². The van der Waals surface area contributed by atoms with Gasteiger partial charge in [-0.2, -0.15) is 4.31 Å². The Hall–Kier alpha value is -0.820. The monoisotopic (exact) mass is 291 g/mol. The minimum Gasteiger partial charge on any atom is -0.495 e. The van der Waals surface area contributed by atoms with Gasteiger partial charge in [-0.25, -0.2) is 8.42 Å². The first-order valence-corrected chi connectivity index (χ1v) is 7.53. The Balaban J connectivity index is 2.42. The maximum Gasteiger partial charge on any atom is 0.247 e. The maximum absolute atomic E-state index is 12.5. The standard InChI is InChI=1S/C11H15ClN2O3S/c1-17-10-3-2-9(12)8-11(10)18(15,16)14-6-4-13-5-7-14/h2-3,8,13H,4-7H2,1H3/p+1. The van der Waals surface area contributed by atoms with Crippen LogP contribution < -0.4 is 10.1 Å². The van der Waals surface area contributed by atoms with Gasteiger partial charge in [-0.3, -0.25) is 0 Å². The van der Waals surface area contributed by atoms with Crippen LogP contribution in [0.4, 0.5) is 0 Å². The highest BCUT2D eigenvalue weighted by Crippen LogP contribution is 2.29. The molecule has 1 fully saturated rings. The number of hydrogen-bond donors (Lipinski definition) is 1. The van der Waals surface area contributed by atoms with E-state index in [1.807, 2.05) is 0 Å². The molecule has 0 aromatic heterocycles. The van der Waals surface area contributed by atoms with Crippen molar-refractivity contribution in [1.29, 1.82) is 0 Å². The van der Waals surface area contributed by atoms with E-state index in [0.717, 1.165) is 13.1 Å². The molecule has 0 bridgehead atoms. The molecule has 18 heavy (non-hydrogen) atoms. The van der Waals surface area contributed by atoms with Crippen LogP contribution in [0.15, 0.2) is 23.1 Å². The minimum atomic E-state index is -3.52. The number of quaternary nitrogens is 1. The SMILES string of the molecule is COc1ccc(Cl)cc1S(=O)(=O)N1CC[NH2+]CC1. The molecule has 7 heteroatoms. The summed E-state index contributed by atoms with van der Waals surface area (Å²) in [7, 11) is -2.07. The molecule has 5 nitrogen and oxygen atoms in total. The molecule has 0 radical (unpaired) electrons. The van der Waals surface area contributed by atoms with Crippen molar-refractivity contribution in [1.82, 2.24) is 4.31 Å². The fourth-order valence-corrected chi connectivity index (χ4v) is 3.85. The summed E-state index contributed by atoms with van der Waals surface area (Å²) in [6.45, 7) is 2.58. The highest BCUT2D eigenvalue weighted by molar-refractivity contribution is 7.89. The van der Waals surface area contributed by atoms with Crippen molar-refractivity contribution in [2.24, 2.45) is 0 Å². The zero-order valence-corrected chi connectivity index (χ0v) is 11.7. The van der Waals surface area contributed by atoms with Gasteiger partial charge in [-0.1, -0.05) is 11.6 Å². The van der Waals surface area contributed by atoms with Crippen LogP contribution in [0.1, 0.15) is 0 Å². The molecule has 1 saturated heterocycles. The first-order chi connectivity index (χ1) is 8.55. The molecule has 0 aliphatic carbocycles. The maximum atomic E-state index is 12.5. The van der Waals surface area contributed by atoms with Crippen molar-refractivity contribution < 1.29 is 18.5 Å². The van der Waals surface area contributed by atoms with Gasteiger partial charge in [0.1, 0.15) is 10.6 Å². The van der Waals surface area contributed by atoms with E-state index in [4.69, 9.17) is 16.3 Å². The number of nitrogens with two attached hydrogens (primary N) is 1. The summed E-state index contributed by atoms with van der Waals surface area (Å²) in [5.41, 5.74) is 0. The lowest BCUT2D eigenvalue weighted by Crippen LogP contribution is -2.89. The van der Waals surface area contributed by atoms with Gasteiger partial charge >= 0.3 is 0 Å². The third-order valence-electron chi connectivity index (χ3n) is 2.91. The second-order valence-corrected chi connectivity index (χ2v) is 6.41. The lowest BCUT2D eigenvalue weighted by atomic mass is 10.3. The predicted molar refractivity (Wildman–Crippen MR) is 68.4 cm³/mol. The summed E-state index contributed by atoms with van der Waals surface area (Å²) in [5.74, 6) is 0.328. The van der Waals surface area contributed by atoms with Gasteiger partial charge in [0.25, 0.3) is 0 Å². The van der Waals surface area contributed by atoms with Crippen LogP contribution in [-0.2, 0) is 10.0 Å². The quantitative estimate of drug-likeness (QED) is 0.847. The number of methoxy groups -OCH3 is 1. The van der Waals surface area contributed by atoms with E-state index in [-0.39, 0.29) is 4.90 Å². The van der Waals surface area contributed by atoms with Crippen LogP contribution in [0.5, 0.6) is 5.75 Å². The second-order valence-electron chi connectivity index (χ2n) is 4.07. The lowest BCUT2D eigenvalue weighted by Gasteiger charge is -2.25. The fourth-order valence-electron chi connectivity index (χ4n) is 1.96. The number of ether oxygens (including phenoxy) is 1. The van der Waals surface area contributed by atoms with Gasteiger partial charge in [0.2, 0.25) is 10.0 Å². The van der Waals surface area contributed by atoms with Crippen LogP contribution in [-0.4, -0.2) is 46.0 Å². The van der Waals surface area contributed by atoms with Gasteiger partial charge in [-0.05, 0) is 18.2 Å². The molecule has 1 aliphatic heterocycles. The number of benzene rings is 1. The normalized spacial score (nSPS) is 17.7. The van der Waals surface area contributed by atoms with E-state index in [2.05, 4.69) is 5.32 Å². The summed E-state index contributed by atoms with van der Waals surface area (Å²) >= 11 is 5.87. The van der Waals surface area contributed by atoms with E-state index >= 15 is 0 Å². The predicted octanol–water partition coefficient (Wildman–Crippen LogP) is -0.0837. The molecule has 2 rings (SSSR count). The van der Waals surface area contributed by atoms with E-state index in [1.54, 1.807) is 12.1 Å². The van der Waals surface area contributed by atoms with E-state index in [1.165, 1.54) is 17.5 Å². The van der Waals surface area contributed by atoms with Crippen LogP contribution in [0, 0.1) is 0 Å². The zero-order chi connectivity index (χ0) is 13.2. The molecule has 100 valence electrons. The molecule has 1 heterocycles. The summed E-state index contributed by atoms with van der Waals surface area (Å²) in [4.78, 5) is 0.138. The van der Waals surface area contributed by atoms with Gasteiger partial charge < -0.3 is 10.1 Å². The Morgan fingerprint density at radius 3 is 2.61 bits per heavy atom. The number of rotatable bonds is 3. The Morgan fingerprint density at radius 2 is 2.00 bits per heavy atom. The number of halogens is 1. The van der Waals surface area contributed by atoms with Gasteiger partial charge in [0.15, 0.2) is 0 Å². The average molecular weight is 292 g/mol. The van der Waals surface area contributed by atoms with Crippen molar-refractivity contribution in [3.8, 4) is 5.75 Å². The number of sulfonamides is 1. The summed E-state index contributed by atoms with van der Waals surface area (Å²) in [5, 5.41) is 2.49. The highest BCUT2D eigenvalue weighted by Gasteiger charge is 2.30. The number of piperazine rings is 1. The lowest BCUT2D eigenvalue weighted by molar-refractivity contribution is -0.661. The molecular formula is C11H16ClN2O3S+. The molecule has 0 spiro atoms.